The third kappa shape index (κ3) is 3.96. The molecule has 1 unspecified atom stereocenters. The van der Waals surface area contributed by atoms with E-state index in [9.17, 15) is 9.50 Å². The van der Waals surface area contributed by atoms with Gasteiger partial charge in [-0.2, -0.15) is 4.68 Å². The van der Waals surface area contributed by atoms with E-state index in [4.69, 9.17) is 0 Å². The highest BCUT2D eigenvalue weighted by Crippen LogP contribution is 2.19. The first kappa shape index (κ1) is 17.6. The van der Waals surface area contributed by atoms with Gasteiger partial charge in [-0.1, -0.05) is 35.4 Å². The summed E-state index contributed by atoms with van der Waals surface area (Å²) in [6.07, 6.45) is -0.707. The molecule has 3 aromatic rings. The molecule has 0 bridgehead atoms. The molecule has 0 radical (unpaired) electrons. The minimum Gasteiger partial charge on any atom is -0.387 e. The lowest BCUT2D eigenvalue weighted by Gasteiger charge is -2.35. The van der Waals surface area contributed by atoms with Crippen molar-refractivity contribution in [3.05, 3.63) is 66.0 Å². The lowest BCUT2D eigenvalue weighted by Crippen LogP contribution is -2.48. The SMILES string of the molecule is OC(CN1CCN(c2nnnn2-c2ccccc2)CC1)c1cccc(F)c1. The number of rotatable bonds is 5. The number of aliphatic hydroxyl groups excluding tert-OH is 1. The van der Waals surface area contributed by atoms with Crippen molar-refractivity contribution in [3.8, 4) is 5.69 Å². The largest absolute Gasteiger partial charge is 0.387 e. The van der Waals surface area contributed by atoms with Crippen molar-refractivity contribution in [3.63, 3.8) is 0 Å². The van der Waals surface area contributed by atoms with Crippen molar-refractivity contribution >= 4 is 5.95 Å². The first-order chi connectivity index (χ1) is 13.2. The minimum absolute atomic E-state index is 0.330. The van der Waals surface area contributed by atoms with E-state index in [1.54, 1.807) is 16.8 Å². The Morgan fingerprint density at radius 2 is 1.78 bits per heavy atom. The minimum atomic E-state index is -0.707. The molecule has 1 fully saturated rings. The summed E-state index contributed by atoms with van der Waals surface area (Å²) in [6.45, 7) is 3.52. The number of para-hydroxylation sites is 1. The zero-order valence-electron chi connectivity index (χ0n) is 14.8. The predicted molar refractivity (Wildman–Crippen MR) is 99.2 cm³/mol. The van der Waals surface area contributed by atoms with Crippen LogP contribution in [0.2, 0.25) is 0 Å². The molecule has 8 heteroatoms. The van der Waals surface area contributed by atoms with Crippen molar-refractivity contribution in [2.75, 3.05) is 37.6 Å². The van der Waals surface area contributed by atoms with Crippen LogP contribution < -0.4 is 4.90 Å². The maximum atomic E-state index is 13.3. The molecular formula is C19H21FN6O. The summed E-state index contributed by atoms with van der Waals surface area (Å²) in [5, 5.41) is 22.5. The molecule has 27 heavy (non-hydrogen) atoms. The topological polar surface area (TPSA) is 70.3 Å². The van der Waals surface area contributed by atoms with Crippen LogP contribution in [-0.4, -0.2) is 62.9 Å². The number of tetrazole rings is 1. The number of benzene rings is 2. The number of nitrogens with zero attached hydrogens (tertiary/aromatic N) is 6. The quantitative estimate of drug-likeness (QED) is 0.739. The van der Waals surface area contributed by atoms with Crippen LogP contribution in [0.25, 0.3) is 5.69 Å². The van der Waals surface area contributed by atoms with Crippen LogP contribution >= 0.6 is 0 Å². The molecule has 0 aliphatic carbocycles. The summed E-state index contributed by atoms with van der Waals surface area (Å²) < 4.78 is 15.1. The molecule has 1 aliphatic heterocycles. The predicted octanol–water partition coefficient (Wildman–Crippen LogP) is 1.66. The van der Waals surface area contributed by atoms with E-state index < -0.39 is 6.10 Å². The summed E-state index contributed by atoms with van der Waals surface area (Å²) in [7, 11) is 0. The van der Waals surface area contributed by atoms with Crippen molar-refractivity contribution in [1.82, 2.24) is 25.1 Å². The van der Waals surface area contributed by atoms with Crippen LogP contribution in [-0.2, 0) is 0 Å². The van der Waals surface area contributed by atoms with Gasteiger partial charge in [0.15, 0.2) is 0 Å². The third-order valence-electron chi connectivity index (χ3n) is 4.77. The summed E-state index contributed by atoms with van der Waals surface area (Å²) in [5.74, 6) is 0.385. The van der Waals surface area contributed by atoms with Gasteiger partial charge in [-0.3, -0.25) is 4.90 Å². The van der Waals surface area contributed by atoms with Gasteiger partial charge in [0.25, 0.3) is 0 Å². The van der Waals surface area contributed by atoms with E-state index in [0.717, 1.165) is 31.9 Å². The highest BCUT2D eigenvalue weighted by molar-refractivity contribution is 5.40. The van der Waals surface area contributed by atoms with E-state index in [0.29, 0.717) is 18.1 Å². The number of hydrogen-bond acceptors (Lipinski definition) is 6. The van der Waals surface area contributed by atoms with Gasteiger partial charge in [-0.25, -0.2) is 4.39 Å². The van der Waals surface area contributed by atoms with Crippen LogP contribution in [0, 0.1) is 5.82 Å². The molecule has 7 nitrogen and oxygen atoms in total. The van der Waals surface area contributed by atoms with Crippen molar-refractivity contribution in [1.29, 1.82) is 0 Å². The van der Waals surface area contributed by atoms with Crippen molar-refractivity contribution in [2.45, 2.75) is 6.10 Å². The van der Waals surface area contributed by atoms with Gasteiger partial charge in [0.2, 0.25) is 5.95 Å². The van der Waals surface area contributed by atoms with Crippen LogP contribution in [0.4, 0.5) is 10.3 Å². The van der Waals surface area contributed by atoms with Crippen LogP contribution in [0.15, 0.2) is 54.6 Å². The molecule has 2 heterocycles. The van der Waals surface area contributed by atoms with E-state index >= 15 is 0 Å². The lowest BCUT2D eigenvalue weighted by atomic mass is 10.1. The maximum Gasteiger partial charge on any atom is 0.250 e. The van der Waals surface area contributed by atoms with Crippen molar-refractivity contribution < 1.29 is 9.50 Å². The van der Waals surface area contributed by atoms with Gasteiger partial charge in [0.05, 0.1) is 11.8 Å². The highest BCUT2D eigenvalue weighted by Gasteiger charge is 2.24. The number of anilines is 1. The van der Waals surface area contributed by atoms with Gasteiger partial charge >= 0.3 is 0 Å². The molecule has 2 aromatic carbocycles. The van der Waals surface area contributed by atoms with Gasteiger partial charge in [0, 0.05) is 32.7 Å². The van der Waals surface area contributed by atoms with Gasteiger partial charge in [0.1, 0.15) is 5.82 Å². The van der Waals surface area contributed by atoms with Crippen LogP contribution in [0.3, 0.4) is 0 Å². The zero-order valence-corrected chi connectivity index (χ0v) is 14.8. The Balaban J connectivity index is 1.38. The summed E-state index contributed by atoms with van der Waals surface area (Å²) in [6, 6.07) is 15.9. The molecule has 0 amide bonds. The Labute approximate surface area is 156 Å². The Kier molecular flexibility index (Phi) is 5.08. The fourth-order valence-corrected chi connectivity index (χ4v) is 3.31. The normalized spacial score (nSPS) is 16.4. The number of halogens is 1. The Morgan fingerprint density at radius 3 is 2.52 bits per heavy atom. The third-order valence-corrected chi connectivity index (χ3v) is 4.77. The lowest BCUT2D eigenvalue weighted by molar-refractivity contribution is 0.109. The zero-order chi connectivity index (χ0) is 18.6. The number of aromatic nitrogens is 4. The molecule has 0 spiro atoms. The molecule has 1 atom stereocenters. The number of piperazine rings is 1. The molecule has 140 valence electrons. The second-order valence-electron chi connectivity index (χ2n) is 6.58. The van der Waals surface area contributed by atoms with Crippen LogP contribution in [0.5, 0.6) is 0 Å². The van der Waals surface area contributed by atoms with E-state index in [-0.39, 0.29) is 5.82 Å². The molecule has 1 N–H and O–H groups in total. The summed E-state index contributed by atoms with van der Waals surface area (Å²) >= 11 is 0. The van der Waals surface area contributed by atoms with Crippen LogP contribution in [0.1, 0.15) is 11.7 Å². The average molecular weight is 368 g/mol. The number of aliphatic hydroxyl groups is 1. The number of β-amino-alcohol motifs (C(OH)–C–C–N with tert-alkyl or cyclic N) is 1. The Morgan fingerprint density at radius 1 is 1.00 bits per heavy atom. The first-order valence-corrected chi connectivity index (χ1v) is 8.95. The summed E-state index contributed by atoms with van der Waals surface area (Å²) in [5.41, 5.74) is 1.52. The monoisotopic (exact) mass is 368 g/mol. The molecule has 1 saturated heterocycles. The van der Waals surface area contributed by atoms with Gasteiger partial charge in [-0.15, -0.1) is 0 Å². The first-order valence-electron chi connectivity index (χ1n) is 8.95. The second kappa shape index (κ2) is 7.81. The summed E-state index contributed by atoms with van der Waals surface area (Å²) in [4.78, 5) is 4.31. The number of hydrogen-bond donors (Lipinski definition) is 1. The van der Waals surface area contributed by atoms with Gasteiger partial charge in [-0.05, 0) is 40.3 Å². The molecule has 4 rings (SSSR count). The Bertz CT molecular complexity index is 879. The average Bonchev–Trinajstić information content (AvgIpc) is 3.19. The highest BCUT2D eigenvalue weighted by atomic mass is 19.1. The smallest absolute Gasteiger partial charge is 0.250 e. The Hall–Kier alpha value is -2.84. The molecule has 1 aromatic heterocycles. The van der Waals surface area contributed by atoms with E-state index in [2.05, 4.69) is 25.3 Å². The standard InChI is InChI=1S/C19H21FN6O/c20-16-6-4-5-15(13-16)18(27)14-24-9-11-25(12-10-24)19-21-22-23-26(19)17-7-2-1-3-8-17/h1-8,13,18,27H,9-12,14H2. The molecular weight excluding hydrogens is 347 g/mol. The fourth-order valence-electron chi connectivity index (χ4n) is 3.31. The fraction of sp³-hybridized carbons (Fsp3) is 0.316. The molecule has 0 saturated carbocycles. The van der Waals surface area contributed by atoms with E-state index in [1.165, 1.54) is 12.1 Å². The van der Waals surface area contributed by atoms with Crippen molar-refractivity contribution in [2.24, 2.45) is 0 Å². The van der Waals surface area contributed by atoms with Gasteiger partial charge < -0.3 is 10.0 Å². The molecule has 1 aliphatic rings. The maximum absolute atomic E-state index is 13.3. The van der Waals surface area contributed by atoms with E-state index in [1.807, 2.05) is 30.3 Å². The second-order valence-corrected chi connectivity index (χ2v) is 6.58.